The standard InChI is InChI=1S/C10H14/c1-2-6-10-8-4-3-7-9(10)5-1/h1-2,5-6,9-10H,3-4,7-8H2/t9-,10-/m0/s1. The Morgan fingerprint density at radius 2 is 1.30 bits per heavy atom. The van der Waals surface area contributed by atoms with Crippen LogP contribution >= 0.6 is 0 Å². The Hall–Kier alpha value is -0.520. The van der Waals surface area contributed by atoms with Gasteiger partial charge in [-0.3, -0.25) is 0 Å². The van der Waals surface area contributed by atoms with Crippen molar-refractivity contribution >= 4 is 0 Å². The van der Waals surface area contributed by atoms with Crippen molar-refractivity contribution in [3.05, 3.63) is 24.3 Å². The van der Waals surface area contributed by atoms with Crippen LogP contribution in [0.1, 0.15) is 25.7 Å². The van der Waals surface area contributed by atoms with Crippen molar-refractivity contribution in [3.63, 3.8) is 0 Å². The third-order valence-electron chi connectivity index (χ3n) is 2.70. The molecule has 0 spiro atoms. The van der Waals surface area contributed by atoms with Crippen molar-refractivity contribution in [2.24, 2.45) is 11.8 Å². The van der Waals surface area contributed by atoms with Crippen molar-refractivity contribution < 1.29 is 0 Å². The average Bonchev–Trinajstić information content (AvgIpc) is 2.05. The third kappa shape index (κ3) is 1.03. The highest BCUT2D eigenvalue weighted by atomic mass is 14.3. The molecule has 2 rings (SSSR count). The van der Waals surface area contributed by atoms with Crippen LogP contribution in [0.5, 0.6) is 0 Å². The molecule has 1 saturated carbocycles. The van der Waals surface area contributed by atoms with E-state index in [0.717, 1.165) is 11.8 Å². The van der Waals surface area contributed by atoms with Gasteiger partial charge >= 0.3 is 0 Å². The summed E-state index contributed by atoms with van der Waals surface area (Å²) in [7, 11) is 0. The van der Waals surface area contributed by atoms with E-state index in [9.17, 15) is 0 Å². The minimum atomic E-state index is 0.888. The molecule has 2 aliphatic rings. The van der Waals surface area contributed by atoms with Gasteiger partial charge in [-0.15, -0.1) is 0 Å². The van der Waals surface area contributed by atoms with Crippen LogP contribution in [0.15, 0.2) is 24.3 Å². The molecule has 54 valence electrons. The summed E-state index contributed by atoms with van der Waals surface area (Å²) < 4.78 is 0. The fourth-order valence-electron chi connectivity index (χ4n) is 2.08. The quantitative estimate of drug-likeness (QED) is 0.478. The van der Waals surface area contributed by atoms with Crippen molar-refractivity contribution in [2.45, 2.75) is 25.7 Å². The van der Waals surface area contributed by atoms with Crippen molar-refractivity contribution in [1.82, 2.24) is 0 Å². The average molecular weight is 134 g/mol. The predicted molar refractivity (Wildman–Crippen MR) is 43.7 cm³/mol. The second kappa shape index (κ2) is 2.61. The summed E-state index contributed by atoms with van der Waals surface area (Å²) in [6.45, 7) is 0. The SMILES string of the molecule is C1=C[C@H]2CCCC[C@@H]2C=C1. The van der Waals surface area contributed by atoms with Crippen molar-refractivity contribution in [3.8, 4) is 0 Å². The van der Waals surface area contributed by atoms with Gasteiger partial charge in [-0.2, -0.15) is 0 Å². The summed E-state index contributed by atoms with van der Waals surface area (Å²) in [6.07, 6.45) is 14.9. The first-order chi connectivity index (χ1) is 4.97. The molecular weight excluding hydrogens is 120 g/mol. The van der Waals surface area contributed by atoms with Crippen molar-refractivity contribution in [2.75, 3.05) is 0 Å². The number of allylic oxidation sites excluding steroid dienone is 4. The summed E-state index contributed by atoms with van der Waals surface area (Å²) in [5, 5.41) is 0. The summed E-state index contributed by atoms with van der Waals surface area (Å²) >= 11 is 0. The lowest BCUT2D eigenvalue weighted by molar-refractivity contribution is 0.335. The Kier molecular flexibility index (Phi) is 1.62. The minimum Gasteiger partial charge on any atom is -0.0808 e. The van der Waals surface area contributed by atoms with Gasteiger partial charge in [0.25, 0.3) is 0 Å². The Balaban J connectivity index is 2.09. The molecule has 10 heavy (non-hydrogen) atoms. The normalized spacial score (nSPS) is 37.6. The smallest absolute Gasteiger partial charge is 0.0167 e. The first kappa shape index (κ1) is 6.21. The first-order valence-corrected chi connectivity index (χ1v) is 4.32. The molecule has 0 N–H and O–H groups in total. The molecule has 0 aliphatic heterocycles. The number of hydrogen-bond acceptors (Lipinski definition) is 0. The van der Waals surface area contributed by atoms with Crippen molar-refractivity contribution in [1.29, 1.82) is 0 Å². The van der Waals surface area contributed by atoms with Gasteiger partial charge in [0.1, 0.15) is 0 Å². The van der Waals surface area contributed by atoms with Gasteiger partial charge in [0.2, 0.25) is 0 Å². The predicted octanol–water partition coefficient (Wildman–Crippen LogP) is 2.92. The molecule has 0 unspecified atom stereocenters. The van der Waals surface area contributed by atoms with Crippen LogP contribution in [0.3, 0.4) is 0 Å². The Bertz CT molecular complexity index is 145. The molecule has 0 heterocycles. The maximum absolute atomic E-state index is 2.38. The summed E-state index contributed by atoms with van der Waals surface area (Å²) in [4.78, 5) is 0. The zero-order chi connectivity index (χ0) is 6.81. The lowest BCUT2D eigenvalue weighted by Gasteiger charge is -2.28. The molecule has 2 aliphatic carbocycles. The maximum atomic E-state index is 2.38. The Labute approximate surface area is 62.6 Å². The molecular formula is C10H14. The molecule has 1 fully saturated rings. The van der Waals surface area contributed by atoms with E-state index >= 15 is 0 Å². The van der Waals surface area contributed by atoms with Crippen LogP contribution < -0.4 is 0 Å². The van der Waals surface area contributed by atoms with Crippen LogP contribution in [0, 0.1) is 11.8 Å². The molecule has 0 aromatic heterocycles. The van der Waals surface area contributed by atoms with Gasteiger partial charge < -0.3 is 0 Å². The largest absolute Gasteiger partial charge is 0.0808 e. The topological polar surface area (TPSA) is 0 Å². The Morgan fingerprint density at radius 1 is 0.800 bits per heavy atom. The third-order valence-corrected chi connectivity index (χ3v) is 2.70. The molecule has 2 atom stereocenters. The molecule has 0 aromatic carbocycles. The van der Waals surface area contributed by atoms with Crippen LogP contribution in [0.25, 0.3) is 0 Å². The Morgan fingerprint density at radius 3 is 1.80 bits per heavy atom. The van der Waals surface area contributed by atoms with Gasteiger partial charge in [-0.05, 0) is 24.7 Å². The van der Waals surface area contributed by atoms with E-state index in [1.807, 2.05) is 0 Å². The fraction of sp³-hybridized carbons (Fsp3) is 0.600. The second-order valence-electron chi connectivity index (χ2n) is 3.38. The van der Waals surface area contributed by atoms with E-state index in [1.165, 1.54) is 25.7 Å². The minimum absolute atomic E-state index is 0.888. The summed E-state index contributed by atoms with van der Waals surface area (Å²) in [6, 6.07) is 0. The molecule has 0 radical (unpaired) electrons. The van der Waals surface area contributed by atoms with E-state index in [2.05, 4.69) is 24.3 Å². The molecule has 0 nitrogen and oxygen atoms in total. The highest BCUT2D eigenvalue weighted by Gasteiger charge is 2.21. The molecule has 0 heteroatoms. The second-order valence-corrected chi connectivity index (χ2v) is 3.38. The zero-order valence-electron chi connectivity index (χ0n) is 6.29. The lowest BCUT2D eigenvalue weighted by atomic mass is 9.77. The lowest BCUT2D eigenvalue weighted by Crippen LogP contribution is -2.16. The van der Waals surface area contributed by atoms with E-state index in [-0.39, 0.29) is 0 Å². The number of rotatable bonds is 0. The molecule has 0 amide bonds. The first-order valence-electron chi connectivity index (χ1n) is 4.32. The van der Waals surface area contributed by atoms with Crippen LogP contribution in [-0.2, 0) is 0 Å². The molecule has 0 saturated heterocycles. The van der Waals surface area contributed by atoms with E-state index in [0.29, 0.717) is 0 Å². The van der Waals surface area contributed by atoms with E-state index in [4.69, 9.17) is 0 Å². The zero-order valence-corrected chi connectivity index (χ0v) is 6.29. The highest BCUT2D eigenvalue weighted by Crippen LogP contribution is 2.33. The van der Waals surface area contributed by atoms with E-state index in [1.54, 1.807) is 0 Å². The van der Waals surface area contributed by atoms with E-state index < -0.39 is 0 Å². The number of hydrogen-bond donors (Lipinski definition) is 0. The maximum Gasteiger partial charge on any atom is -0.0167 e. The highest BCUT2D eigenvalue weighted by molar-refractivity contribution is 5.14. The van der Waals surface area contributed by atoms with Crippen LogP contribution in [0.4, 0.5) is 0 Å². The molecule has 0 bridgehead atoms. The van der Waals surface area contributed by atoms with Gasteiger partial charge in [-0.25, -0.2) is 0 Å². The van der Waals surface area contributed by atoms with Crippen LogP contribution in [-0.4, -0.2) is 0 Å². The van der Waals surface area contributed by atoms with Gasteiger partial charge in [0, 0.05) is 0 Å². The van der Waals surface area contributed by atoms with Gasteiger partial charge in [0.05, 0.1) is 0 Å². The van der Waals surface area contributed by atoms with Gasteiger partial charge in [-0.1, -0.05) is 37.1 Å². The summed E-state index contributed by atoms with van der Waals surface area (Å²) in [5.74, 6) is 1.78. The van der Waals surface area contributed by atoms with Crippen LogP contribution in [0.2, 0.25) is 0 Å². The monoisotopic (exact) mass is 134 g/mol. The summed E-state index contributed by atoms with van der Waals surface area (Å²) in [5.41, 5.74) is 0. The van der Waals surface area contributed by atoms with Gasteiger partial charge in [0.15, 0.2) is 0 Å². The molecule has 0 aromatic rings. The fourth-order valence-corrected chi connectivity index (χ4v) is 2.08. The number of fused-ring (bicyclic) bond motifs is 1.